The molecule has 0 bridgehead atoms. The normalized spacial score (nSPS) is 21.6. The molecule has 0 unspecified atom stereocenters. The van der Waals surface area contributed by atoms with Crippen LogP contribution in [0, 0.1) is 0 Å². The second-order valence-corrected chi connectivity index (χ2v) is 7.06. The van der Waals surface area contributed by atoms with Crippen LogP contribution in [0.4, 0.5) is 4.79 Å². The summed E-state index contributed by atoms with van der Waals surface area (Å²) in [6.07, 6.45) is 4.95. The molecule has 1 aromatic carbocycles. The van der Waals surface area contributed by atoms with Gasteiger partial charge in [0.05, 0.1) is 31.5 Å². The van der Waals surface area contributed by atoms with Gasteiger partial charge in [-0.1, -0.05) is 30.3 Å². The lowest BCUT2D eigenvalue weighted by atomic mass is 10.1. The van der Waals surface area contributed by atoms with Gasteiger partial charge in [-0.05, 0) is 30.4 Å². The number of nitrogens with zero attached hydrogens (tertiary/aromatic N) is 2. The predicted octanol–water partition coefficient (Wildman–Crippen LogP) is 2.02. The van der Waals surface area contributed by atoms with Gasteiger partial charge in [-0.3, -0.25) is 4.68 Å². The maximum Gasteiger partial charge on any atom is 0.314 e. The van der Waals surface area contributed by atoms with Crippen LogP contribution in [-0.2, 0) is 22.4 Å². The number of hydrogen-bond donors (Lipinski definition) is 2. The predicted molar refractivity (Wildman–Crippen MR) is 101 cm³/mol. The van der Waals surface area contributed by atoms with E-state index in [-0.39, 0.29) is 18.2 Å². The van der Waals surface area contributed by atoms with Crippen LogP contribution in [0.3, 0.4) is 0 Å². The van der Waals surface area contributed by atoms with E-state index in [4.69, 9.17) is 14.6 Å². The van der Waals surface area contributed by atoms with Crippen molar-refractivity contribution >= 4 is 6.03 Å². The van der Waals surface area contributed by atoms with Crippen LogP contribution in [0.5, 0.6) is 0 Å². The molecule has 2 aromatic rings. The van der Waals surface area contributed by atoms with Crippen LogP contribution >= 0.6 is 0 Å². The number of aromatic nitrogens is 2. The van der Waals surface area contributed by atoms with E-state index in [9.17, 15) is 4.79 Å². The molecule has 2 N–H and O–H groups in total. The number of hydrogen-bond acceptors (Lipinski definition) is 4. The quantitative estimate of drug-likeness (QED) is 0.816. The van der Waals surface area contributed by atoms with Crippen LogP contribution < -0.4 is 10.6 Å². The molecule has 1 aromatic heterocycles. The van der Waals surface area contributed by atoms with E-state index >= 15 is 0 Å². The minimum Gasteiger partial charge on any atom is -0.376 e. The van der Waals surface area contributed by atoms with Gasteiger partial charge in [-0.25, -0.2) is 4.79 Å². The monoisotopic (exact) mass is 370 g/mol. The Morgan fingerprint density at radius 2 is 2.00 bits per heavy atom. The highest BCUT2D eigenvalue weighted by Gasteiger charge is 2.25. The Bertz CT molecular complexity index is 756. The number of urea groups is 1. The van der Waals surface area contributed by atoms with Crippen molar-refractivity contribution in [2.45, 2.75) is 38.0 Å². The summed E-state index contributed by atoms with van der Waals surface area (Å²) in [7, 11) is 0. The molecule has 2 aliphatic rings. The second kappa shape index (κ2) is 8.54. The number of carbonyl (C=O) groups excluding carboxylic acids is 1. The first-order chi connectivity index (χ1) is 13.3. The molecular formula is C20H26N4O3. The number of ether oxygens (including phenoxy) is 2. The van der Waals surface area contributed by atoms with Gasteiger partial charge in [0.1, 0.15) is 6.10 Å². The van der Waals surface area contributed by atoms with E-state index in [0.29, 0.717) is 19.7 Å². The third kappa shape index (κ3) is 4.67. The first-order valence-electron chi connectivity index (χ1n) is 9.63. The van der Waals surface area contributed by atoms with Gasteiger partial charge < -0.3 is 20.1 Å². The minimum absolute atomic E-state index is 0.141. The van der Waals surface area contributed by atoms with Crippen LogP contribution in [0.15, 0.2) is 36.5 Å². The number of benzene rings is 1. The molecule has 0 aliphatic carbocycles. The molecule has 2 atom stereocenters. The van der Waals surface area contributed by atoms with Gasteiger partial charge in [-0.2, -0.15) is 5.10 Å². The molecule has 4 rings (SSSR count). The summed E-state index contributed by atoms with van der Waals surface area (Å²) >= 11 is 0. The Morgan fingerprint density at radius 3 is 2.81 bits per heavy atom. The van der Waals surface area contributed by atoms with Crippen molar-refractivity contribution in [2.24, 2.45) is 0 Å². The zero-order valence-corrected chi connectivity index (χ0v) is 15.4. The van der Waals surface area contributed by atoms with E-state index in [2.05, 4.69) is 29.0 Å². The average Bonchev–Trinajstić information content (AvgIpc) is 3.35. The topological polar surface area (TPSA) is 77.4 Å². The fraction of sp³-hybridized carbons (Fsp3) is 0.500. The zero-order chi connectivity index (χ0) is 18.5. The molecule has 2 amide bonds. The van der Waals surface area contributed by atoms with Crippen LogP contribution in [0.1, 0.15) is 35.8 Å². The maximum absolute atomic E-state index is 12.0. The molecule has 144 valence electrons. The van der Waals surface area contributed by atoms with Crippen molar-refractivity contribution in [3.05, 3.63) is 53.3 Å². The van der Waals surface area contributed by atoms with E-state index < -0.39 is 0 Å². The molecule has 0 spiro atoms. The first-order valence-corrected chi connectivity index (χ1v) is 9.63. The van der Waals surface area contributed by atoms with Gasteiger partial charge in [0.25, 0.3) is 0 Å². The van der Waals surface area contributed by atoms with Crippen LogP contribution in [0.25, 0.3) is 0 Å². The number of fused-ring (bicyclic) bond motifs is 1. The molecule has 27 heavy (non-hydrogen) atoms. The van der Waals surface area contributed by atoms with E-state index in [1.807, 2.05) is 22.9 Å². The summed E-state index contributed by atoms with van der Waals surface area (Å²) in [6.45, 7) is 3.13. The van der Waals surface area contributed by atoms with Crippen molar-refractivity contribution in [1.82, 2.24) is 20.4 Å². The first kappa shape index (κ1) is 18.0. The molecule has 1 fully saturated rings. The van der Waals surface area contributed by atoms with Crippen molar-refractivity contribution in [3.8, 4) is 0 Å². The van der Waals surface area contributed by atoms with Gasteiger partial charge in [-0.15, -0.1) is 0 Å². The van der Waals surface area contributed by atoms with Gasteiger partial charge in [0.2, 0.25) is 0 Å². The number of nitrogens with one attached hydrogen (secondary N) is 2. The molecule has 0 saturated carbocycles. The van der Waals surface area contributed by atoms with Crippen molar-refractivity contribution < 1.29 is 14.3 Å². The van der Waals surface area contributed by atoms with Crippen molar-refractivity contribution in [1.29, 1.82) is 0 Å². The van der Waals surface area contributed by atoms with E-state index in [0.717, 1.165) is 38.1 Å². The summed E-state index contributed by atoms with van der Waals surface area (Å²) in [5.41, 5.74) is 3.34. The summed E-state index contributed by atoms with van der Waals surface area (Å²) in [6, 6.07) is 10.1. The summed E-state index contributed by atoms with van der Waals surface area (Å²) < 4.78 is 13.3. The SMILES string of the molecule is O=C(NC[C@H]1CCCO1)NC[C@@H]1OCCc2cn(Cc3ccccc3)nc21. The van der Waals surface area contributed by atoms with Crippen molar-refractivity contribution in [3.63, 3.8) is 0 Å². The Kier molecular flexibility index (Phi) is 5.69. The largest absolute Gasteiger partial charge is 0.376 e. The maximum atomic E-state index is 12.0. The summed E-state index contributed by atoms with van der Waals surface area (Å²) in [5.74, 6) is 0. The van der Waals surface area contributed by atoms with Crippen LogP contribution in [0.2, 0.25) is 0 Å². The number of amides is 2. The molecule has 7 heteroatoms. The lowest BCUT2D eigenvalue weighted by Crippen LogP contribution is -2.42. The smallest absolute Gasteiger partial charge is 0.314 e. The van der Waals surface area contributed by atoms with E-state index in [1.165, 1.54) is 11.1 Å². The molecule has 7 nitrogen and oxygen atoms in total. The highest BCUT2D eigenvalue weighted by atomic mass is 16.5. The molecule has 3 heterocycles. The number of rotatable bonds is 6. The molecule has 0 radical (unpaired) electrons. The Morgan fingerprint density at radius 1 is 1.15 bits per heavy atom. The van der Waals surface area contributed by atoms with E-state index in [1.54, 1.807) is 0 Å². The van der Waals surface area contributed by atoms with Gasteiger partial charge in [0.15, 0.2) is 0 Å². The Labute approximate surface area is 159 Å². The Balaban J connectivity index is 1.31. The highest BCUT2D eigenvalue weighted by Crippen LogP contribution is 2.25. The minimum atomic E-state index is -0.209. The molecular weight excluding hydrogens is 344 g/mol. The third-order valence-electron chi connectivity index (χ3n) is 5.02. The van der Waals surface area contributed by atoms with Crippen LogP contribution in [-0.4, -0.2) is 48.2 Å². The highest BCUT2D eigenvalue weighted by molar-refractivity contribution is 5.73. The fourth-order valence-electron chi connectivity index (χ4n) is 3.60. The fourth-order valence-corrected chi connectivity index (χ4v) is 3.60. The third-order valence-corrected chi connectivity index (χ3v) is 5.02. The molecule has 1 saturated heterocycles. The zero-order valence-electron chi connectivity index (χ0n) is 15.4. The molecule has 2 aliphatic heterocycles. The van der Waals surface area contributed by atoms with Crippen molar-refractivity contribution in [2.75, 3.05) is 26.3 Å². The standard InChI is InChI=1S/C20H26N4O3/c25-20(21-11-17-7-4-9-26-17)22-12-18-19-16(8-10-27-18)14-24(23-19)13-15-5-2-1-3-6-15/h1-3,5-6,14,17-18H,4,7-13H2,(H2,21,22,25)/t17-,18+/m1/s1. The van der Waals surface area contributed by atoms with Gasteiger partial charge >= 0.3 is 6.03 Å². The summed E-state index contributed by atoms with van der Waals surface area (Å²) in [5, 5.41) is 10.5. The Hall–Kier alpha value is -2.38. The lowest BCUT2D eigenvalue weighted by molar-refractivity contribution is 0.0410. The van der Waals surface area contributed by atoms with Gasteiger partial charge in [0, 0.05) is 19.3 Å². The average molecular weight is 370 g/mol. The second-order valence-electron chi connectivity index (χ2n) is 7.06. The number of carbonyl (C=O) groups is 1. The lowest BCUT2D eigenvalue weighted by Gasteiger charge is -2.22. The summed E-state index contributed by atoms with van der Waals surface area (Å²) in [4.78, 5) is 12.0.